The number of amides is 1. The fourth-order valence-corrected chi connectivity index (χ4v) is 3.43. The third-order valence-corrected chi connectivity index (χ3v) is 4.96. The van der Waals surface area contributed by atoms with Gasteiger partial charge in [0.1, 0.15) is 12.4 Å². The summed E-state index contributed by atoms with van der Waals surface area (Å²) in [5.41, 5.74) is 4.11. The summed E-state index contributed by atoms with van der Waals surface area (Å²) in [4.78, 5) is 14.2. The normalized spacial score (nSPS) is 10.7. The number of carbonyl (C=O) groups excluding carboxylic acids is 1. The number of rotatable bonds is 5. The van der Waals surface area contributed by atoms with Crippen LogP contribution in [-0.4, -0.2) is 24.9 Å². The maximum atomic E-state index is 12.6. The molecule has 1 amide bonds. The maximum Gasteiger partial charge on any atom is 0.254 e. The van der Waals surface area contributed by atoms with E-state index in [-0.39, 0.29) is 5.91 Å². The van der Waals surface area contributed by atoms with Gasteiger partial charge in [-0.2, -0.15) is 0 Å². The van der Waals surface area contributed by atoms with Gasteiger partial charge in [0.25, 0.3) is 5.91 Å². The molecule has 0 saturated heterocycles. The fourth-order valence-electron chi connectivity index (χ4n) is 3.43. The summed E-state index contributed by atoms with van der Waals surface area (Å²) in [6.45, 7) is 0.443. The van der Waals surface area contributed by atoms with E-state index >= 15 is 0 Å². The smallest absolute Gasteiger partial charge is 0.254 e. The van der Waals surface area contributed by atoms with Crippen molar-refractivity contribution in [3.05, 3.63) is 102 Å². The molecular weight excluding hydrogens is 358 g/mol. The van der Waals surface area contributed by atoms with Crippen molar-refractivity contribution >= 4 is 16.7 Å². The highest BCUT2D eigenvalue weighted by atomic mass is 16.5. The Kier molecular flexibility index (Phi) is 5.30. The van der Waals surface area contributed by atoms with Gasteiger partial charge < -0.3 is 9.64 Å². The van der Waals surface area contributed by atoms with Gasteiger partial charge >= 0.3 is 0 Å². The van der Waals surface area contributed by atoms with Crippen LogP contribution in [0.4, 0.5) is 0 Å². The minimum absolute atomic E-state index is 0.0288. The first-order chi connectivity index (χ1) is 14.1. The van der Waals surface area contributed by atoms with Crippen LogP contribution in [-0.2, 0) is 6.61 Å². The number of hydrogen-bond acceptors (Lipinski definition) is 2. The van der Waals surface area contributed by atoms with Crippen molar-refractivity contribution in [3.8, 4) is 16.9 Å². The summed E-state index contributed by atoms with van der Waals surface area (Å²) in [7, 11) is 3.53. The summed E-state index contributed by atoms with van der Waals surface area (Å²) in [6, 6.07) is 30.3. The van der Waals surface area contributed by atoms with Crippen molar-refractivity contribution in [1.82, 2.24) is 4.90 Å². The SMILES string of the molecule is CN(C)C(=O)c1cccc2cccc(OCc3ccc(-c4ccccc4)cc3)c12. The topological polar surface area (TPSA) is 29.5 Å². The second kappa shape index (κ2) is 8.19. The summed E-state index contributed by atoms with van der Waals surface area (Å²) in [5.74, 6) is 0.694. The number of nitrogens with zero attached hydrogens (tertiary/aromatic N) is 1. The zero-order valence-electron chi connectivity index (χ0n) is 16.6. The lowest BCUT2D eigenvalue weighted by molar-refractivity contribution is 0.0829. The van der Waals surface area contributed by atoms with E-state index in [0.717, 1.165) is 22.1 Å². The van der Waals surface area contributed by atoms with E-state index in [4.69, 9.17) is 4.74 Å². The number of benzene rings is 4. The standard InChI is InChI=1S/C26H23NO2/c1-27(2)26(28)23-12-6-10-22-11-7-13-24(25(22)23)29-18-19-14-16-21(17-15-19)20-8-4-3-5-9-20/h3-17H,18H2,1-2H3. The average molecular weight is 381 g/mol. The van der Waals surface area contributed by atoms with E-state index in [1.807, 2.05) is 54.6 Å². The van der Waals surface area contributed by atoms with Gasteiger partial charge in [-0.3, -0.25) is 4.79 Å². The first-order valence-electron chi connectivity index (χ1n) is 9.64. The van der Waals surface area contributed by atoms with E-state index in [1.54, 1.807) is 19.0 Å². The minimum Gasteiger partial charge on any atom is -0.488 e. The lowest BCUT2D eigenvalue weighted by Crippen LogP contribution is -2.22. The van der Waals surface area contributed by atoms with Crippen molar-refractivity contribution in [3.63, 3.8) is 0 Å². The zero-order chi connectivity index (χ0) is 20.2. The number of fused-ring (bicyclic) bond motifs is 1. The van der Waals surface area contributed by atoms with Crippen molar-refractivity contribution < 1.29 is 9.53 Å². The van der Waals surface area contributed by atoms with Crippen LogP contribution in [0.15, 0.2) is 91.0 Å². The molecule has 0 aliphatic rings. The predicted molar refractivity (Wildman–Crippen MR) is 118 cm³/mol. The summed E-state index contributed by atoms with van der Waals surface area (Å²) in [6.07, 6.45) is 0. The van der Waals surface area contributed by atoms with Crippen LogP contribution in [0.5, 0.6) is 5.75 Å². The minimum atomic E-state index is -0.0288. The molecule has 4 aromatic carbocycles. The third kappa shape index (κ3) is 3.99. The quantitative estimate of drug-likeness (QED) is 0.438. The molecule has 0 radical (unpaired) electrons. The molecule has 0 aromatic heterocycles. The third-order valence-electron chi connectivity index (χ3n) is 4.96. The van der Waals surface area contributed by atoms with Crippen LogP contribution < -0.4 is 4.74 Å². The molecule has 3 nitrogen and oxygen atoms in total. The van der Waals surface area contributed by atoms with E-state index < -0.39 is 0 Å². The van der Waals surface area contributed by atoms with Crippen LogP contribution in [0, 0.1) is 0 Å². The molecule has 0 aliphatic heterocycles. The molecule has 0 aliphatic carbocycles. The highest BCUT2D eigenvalue weighted by Gasteiger charge is 2.15. The molecule has 0 saturated carbocycles. The summed E-state index contributed by atoms with van der Waals surface area (Å²) < 4.78 is 6.15. The molecule has 0 unspecified atom stereocenters. The van der Waals surface area contributed by atoms with Gasteiger partial charge in [0, 0.05) is 19.5 Å². The van der Waals surface area contributed by atoms with Crippen LogP contribution in [0.3, 0.4) is 0 Å². The molecule has 0 bridgehead atoms. The van der Waals surface area contributed by atoms with E-state index in [1.165, 1.54) is 11.1 Å². The van der Waals surface area contributed by atoms with Crippen molar-refractivity contribution in [2.24, 2.45) is 0 Å². The van der Waals surface area contributed by atoms with Gasteiger partial charge in [-0.25, -0.2) is 0 Å². The highest BCUT2D eigenvalue weighted by Crippen LogP contribution is 2.30. The van der Waals surface area contributed by atoms with Crippen LogP contribution in [0.25, 0.3) is 21.9 Å². The Bertz CT molecular complexity index is 1130. The van der Waals surface area contributed by atoms with Gasteiger partial charge in [-0.15, -0.1) is 0 Å². The Balaban J connectivity index is 1.59. The lowest BCUT2D eigenvalue weighted by atomic mass is 10.0. The average Bonchev–Trinajstić information content (AvgIpc) is 2.77. The van der Waals surface area contributed by atoms with Crippen LogP contribution in [0.2, 0.25) is 0 Å². The maximum absolute atomic E-state index is 12.6. The number of hydrogen-bond donors (Lipinski definition) is 0. The molecule has 4 aromatic rings. The van der Waals surface area contributed by atoms with E-state index in [0.29, 0.717) is 12.2 Å². The molecule has 0 spiro atoms. The monoisotopic (exact) mass is 381 g/mol. The molecule has 0 N–H and O–H groups in total. The largest absolute Gasteiger partial charge is 0.488 e. The second-order valence-corrected chi connectivity index (χ2v) is 7.21. The fraction of sp³-hybridized carbons (Fsp3) is 0.115. The molecular formula is C26H23NO2. The molecule has 0 heterocycles. The number of carbonyl (C=O) groups is 1. The Labute approximate surface area is 171 Å². The first kappa shape index (κ1) is 18.8. The summed E-state index contributed by atoms with van der Waals surface area (Å²) >= 11 is 0. The molecule has 3 heteroatoms. The van der Waals surface area contributed by atoms with Gasteiger partial charge in [-0.05, 0) is 34.2 Å². The van der Waals surface area contributed by atoms with Gasteiger partial charge in [0.15, 0.2) is 0 Å². The van der Waals surface area contributed by atoms with Crippen LogP contribution in [0.1, 0.15) is 15.9 Å². The second-order valence-electron chi connectivity index (χ2n) is 7.21. The van der Waals surface area contributed by atoms with E-state index in [9.17, 15) is 4.79 Å². The van der Waals surface area contributed by atoms with Gasteiger partial charge in [0.2, 0.25) is 0 Å². The zero-order valence-corrected chi connectivity index (χ0v) is 16.6. The van der Waals surface area contributed by atoms with Gasteiger partial charge in [0.05, 0.1) is 5.56 Å². The highest BCUT2D eigenvalue weighted by molar-refractivity contribution is 6.09. The van der Waals surface area contributed by atoms with Crippen LogP contribution >= 0.6 is 0 Å². The van der Waals surface area contributed by atoms with Crippen molar-refractivity contribution in [1.29, 1.82) is 0 Å². The predicted octanol–water partition coefficient (Wildman–Crippen LogP) is 5.79. The van der Waals surface area contributed by atoms with E-state index in [2.05, 4.69) is 36.4 Å². The Morgan fingerprint density at radius 1 is 0.759 bits per heavy atom. The lowest BCUT2D eigenvalue weighted by Gasteiger charge is -2.15. The molecule has 0 atom stereocenters. The number of ether oxygens (including phenoxy) is 1. The Morgan fingerprint density at radius 3 is 2.10 bits per heavy atom. The van der Waals surface area contributed by atoms with Crippen molar-refractivity contribution in [2.45, 2.75) is 6.61 Å². The van der Waals surface area contributed by atoms with Crippen molar-refractivity contribution in [2.75, 3.05) is 14.1 Å². The molecule has 0 fully saturated rings. The Morgan fingerprint density at radius 2 is 1.41 bits per heavy atom. The Hall–Kier alpha value is -3.59. The molecule has 4 rings (SSSR count). The summed E-state index contributed by atoms with van der Waals surface area (Å²) in [5, 5.41) is 1.85. The molecule has 29 heavy (non-hydrogen) atoms. The first-order valence-corrected chi connectivity index (χ1v) is 9.64. The van der Waals surface area contributed by atoms with Gasteiger partial charge in [-0.1, -0.05) is 78.9 Å². The molecule has 144 valence electrons.